The Balaban J connectivity index is 2.30. The maximum Gasteiger partial charge on any atom is 0.147 e. The van der Waals surface area contributed by atoms with E-state index in [1.807, 2.05) is 0 Å². The monoisotopic (exact) mass is 203 g/mol. The molecule has 0 aromatic carbocycles. The molecule has 0 aromatic heterocycles. The minimum atomic E-state index is -2.79. The fraction of sp³-hybridized carbons (Fsp3) is 0.778. The third-order valence-corrected chi connectivity index (χ3v) is 3.14. The minimum Gasteiger partial charge on any atom is -0.316 e. The van der Waals surface area contributed by atoms with E-state index >= 15 is 0 Å². The van der Waals surface area contributed by atoms with Crippen LogP contribution in [0.4, 0.5) is 0 Å². The summed E-state index contributed by atoms with van der Waals surface area (Å²) >= 11 is 0. The van der Waals surface area contributed by atoms with E-state index in [1.54, 1.807) is 0 Å². The van der Waals surface area contributed by atoms with Gasteiger partial charge < -0.3 is 5.32 Å². The smallest absolute Gasteiger partial charge is 0.147 e. The Morgan fingerprint density at radius 2 is 2.00 bits per heavy atom. The normalized spacial score (nSPS) is 18.7. The van der Waals surface area contributed by atoms with Gasteiger partial charge in [0.05, 0.1) is 5.75 Å². The van der Waals surface area contributed by atoms with Crippen molar-refractivity contribution < 1.29 is 8.42 Å². The van der Waals surface area contributed by atoms with Crippen molar-refractivity contribution in [1.82, 2.24) is 5.32 Å². The van der Waals surface area contributed by atoms with Crippen LogP contribution in [-0.2, 0) is 9.84 Å². The maximum absolute atomic E-state index is 10.8. The predicted molar refractivity (Wildman–Crippen MR) is 54.5 cm³/mol. The number of nitrogens with one attached hydrogen (secondary N) is 1. The van der Waals surface area contributed by atoms with Gasteiger partial charge >= 0.3 is 0 Å². The molecular weight excluding hydrogens is 186 g/mol. The first-order valence-electron chi connectivity index (χ1n) is 4.64. The van der Waals surface area contributed by atoms with Crippen LogP contribution >= 0.6 is 0 Å². The molecule has 1 N–H and O–H groups in total. The zero-order valence-corrected chi connectivity index (χ0v) is 8.86. The Labute approximate surface area is 80.1 Å². The van der Waals surface area contributed by atoms with Crippen LogP contribution in [0.15, 0.2) is 11.6 Å². The van der Waals surface area contributed by atoms with E-state index < -0.39 is 9.84 Å². The van der Waals surface area contributed by atoms with Crippen molar-refractivity contribution in [3.05, 3.63) is 11.6 Å². The van der Waals surface area contributed by atoms with E-state index in [9.17, 15) is 8.42 Å². The van der Waals surface area contributed by atoms with Gasteiger partial charge in [-0.15, -0.1) is 0 Å². The molecule has 0 saturated carbocycles. The Bertz CT molecular complexity index is 272. The van der Waals surface area contributed by atoms with Gasteiger partial charge in [-0.1, -0.05) is 11.6 Å². The number of piperidine rings is 1. The summed E-state index contributed by atoms with van der Waals surface area (Å²) in [7, 11) is -2.79. The molecule has 1 aliphatic rings. The van der Waals surface area contributed by atoms with Gasteiger partial charge in [0, 0.05) is 6.26 Å². The summed E-state index contributed by atoms with van der Waals surface area (Å²) in [5.74, 6) is 0.282. The highest BCUT2D eigenvalue weighted by atomic mass is 32.2. The largest absolute Gasteiger partial charge is 0.316 e. The summed E-state index contributed by atoms with van der Waals surface area (Å²) in [6, 6.07) is 0. The molecule has 0 spiro atoms. The summed E-state index contributed by atoms with van der Waals surface area (Å²) < 4.78 is 21.7. The lowest BCUT2D eigenvalue weighted by Gasteiger charge is -2.14. The number of hydrogen-bond donors (Lipinski definition) is 1. The van der Waals surface area contributed by atoms with Crippen LogP contribution in [-0.4, -0.2) is 33.5 Å². The van der Waals surface area contributed by atoms with Gasteiger partial charge in [0.1, 0.15) is 9.84 Å². The van der Waals surface area contributed by atoms with Crippen molar-refractivity contribution in [2.45, 2.75) is 19.3 Å². The van der Waals surface area contributed by atoms with Crippen molar-refractivity contribution in [2.75, 3.05) is 25.1 Å². The van der Waals surface area contributed by atoms with Crippen molar-refractivity contribution in [1.29, 1.82) is 0 Å². The SMILES string of the molecule is CS(=O)(=O)CCC=C1CCNCC1. The number of hydrogen-bond acceptors (Lipinski definition) is 3. The fourth-order valence-electron chi connectivity index (χ4n) is 1.43. The van der Waals surface area contributed by atoms with E-state index in [4.69, 9.17) is 0 Å². The molecule has 4 heteroatoms. The lowest BCUT2D eigenvalue weighted by molar-refractivity contribution is 0.599. The average Bonchev–Trinajstić information content (AvgIpc) is 2.04. The van der Waals surface area contributed by atoms with Gasteiger partial charge in [0.2, 0.25) is 0 Å². The average molecular weight is 203 g/mol. The van der Waals surface area contributed by atoms with Crippen molar-refractivity contribution in [2.24, 2.45) is 0 Å². The van der Waals surface area contributed by atoms with Crippen LogP contribution in [0.1, 0.15) is 19.3 Å². The molecule has 0 unspecified atom stereocenters. The highest BCUT2D eigenvalue weighted by Crippen LogP contribution is 2.10. The molecule has 13 heavy (non-hydrogen) atoms. The topological polar surface area (TPSA) is 46.2 Å². The summed E-state index contributed by atoms with van der Waals surface area (Å²) in [6.45, 7) is 2.06. The first-order valence-corrected chi connectivity index (χ1v) is 6.70. The zero-order valence-electron chi connectivity index (χ0n) is 8.04. The van der Waals surface area contributed by atoms with Gasteiger partial charge in [-0.3, -0.25) is 0 Å². The van der Waals surface area contributed by atoms with Crippen LogP contribution in [0.25, 0.3) is 0 Å². The van der Waals surface area contributed by atoms with Gasteiger partial charge in [0.25, 0.3) is 0 Å². The molecule has 76 valence electrons. The second-order valence-corrected chi connectivity index (χ2v) is 5.79. The van der Waals surface area contributed by atoms with Crippen LogP contribution < -0.4 is 5.32 Å². The van der Waals surface area contributed by atoms with E-state index in [0.717, 1.165) is 25.9 Å². The van der Waals surface area contributed by atoms with Crippen molar-refractivity contribution in [3.63, 3.8) is 0 Å². The number of rotatable bonds is 3. The molecule has 0 amide bonds. The molecule has 1 saturated heterocycles. The molecular formula is C9H17NO2S. The Morgan fingerprint density at radius 3 is 2.54 bits per heavy atom. The molecule has 0 bridgehead atoms. The molecule has 0 atom stereocenters. The molecule has 0 radical (unpaired) electrons. The quantitative estimate of drug-likeness (QED) is 0.688. The molecule has 0 aromatic rings. The number of sulfone groups is 1. The highest BCUT2D eigenvalue weighted by molar-refractivity contribution is 7.90. The summed E-state index contributed by atoms with van der Waals surface area (Å²) in [5, 5.41) is 3.26. The zero-order chi connectivity index (χ0) is 9.73. The van der Waals surface area contributed by atoms with Crippen LogP contribution in [0.3, 0.4) is 0 Å². The maximum atomic E-state index is 10.8. The molecule has 1 rings (SSSR count). The van der Waals surface area contributed by atoms with E-state index in [0.29, 0.717) is 6.42 Å². The van der Waals surface area contributed by atoms with Crippen molar-refractivity contribution >= 4 is 9.84 Å². The molecule has 1 aliphatic heterocycles. The van der Waals surface area contributed by atoms with Crippen LogP contribution in [0.2, 0.25) is 0 Å². The van der Waals surface area contributed by atoms with E-state index in [2.05, 4.69) is 11.4 Å². The fourth-order valence-corrected chi connectivity index (χ4v) is 1.98. The first kappa shape index (κ1) is 10.7. The van der Waals surface area contributed by atoms with E-state index in [1.165, 1.54) is 11.8 Å². The van der Waals surface area contributed by atoms with Gasteiger partial charge in [-0.2, -0.15) is 0 Å². The Kier molecular flexibility index (Phi) is 3.93. The highest BCUT2D eigenvalue weighted by Gasteiger charge is 2.04. The number of allylic oxidation sites excluding steroid dienone is 1. The van der Waals surface area contributed by atoms with Crippen molar-refractivity contribution in [3.8, 4) is 0 Å². The third-order valence-electron chi connectivity index (χ3n) is 2.17. The molecule has 1 fully saturated rings. The lowest BCUT2D eigenvalue weighted by atomic mass is 10.0. The Morgan fingerprint density at radius 1 is 1.38 bits per heavy atom. The molecule has 0 aliphatic carbocycles. The van der Waals surface area contributed by atoms with E-state index in [-0.39, 0.29) is 5.75 Å². The summed E-state index contributed by atoms with van der Waals surface area (Å²) in [6.07, 6.45) is 6.19. The summed E-state index contributed by atoms with van der Waals surface area (Å²) in [4.78, 5) is 0. The predicted octanol–water partition coefficient (Wildman–Crippen LogP) is 0.731. The lowest BCUT2D eigenvalue weighted by Crippen LogP contribution is -2.23. The summed E-state index contributed by atoms with van der Waals surface area (Å²) in [5.41, 5.74) is 1.41. The Hall–Kier alpha value is -0.350. The second kappa shape index (κ2) is 4.77. The minimum absolute atomic E-state index is 0.282. The van der Waals surface area contributed by atoms with Crippen LogP contribution in [0, 0.1) is 0 Å². The second-order valence-electron chi connectivity index (χ2n) is 3.53. The standard InChI is InChI=1S/C9H17NO2S/c1-13(11,12)8-2-3-9-4-6-10-7-5-9/h3,10H,2,4-8H2,1H3. The van der Waals surface area contributed by atoms with Gasteiger partial charge in [0.15, 0.2) is 0 Å². The third kappa shape index (κ3) is 5.05. The van der Waals surface area contributed by atoms with Crippen LogP contribution in [0.5, 0.6) is 0 Å². The van der Waals surface area contributed by atoms with Gasteiger partial charge in [-0.05, 0) is 32.4 Å². The van der Waals surface area contributed by atoms with Gasteiger partial charge in [-0.25, -0.2) is 8.42 Å². The first-order chi connectivity index (χ1) is 6.08. The molecule has 1 heterocycles. The molecule has 3 nitrogen and oxygen atoms in total.